The molecule has 0 aliphatic carbocycles. The van der Waals surface area contributed by atoms with Gasteiger partial charge < -0.3 is 9.67 Å². The van der Waals surface area contributed by atoms with Crippen LogP contribution >= 0.6 is 0 Å². The van der Waals surface area contributed by atoms with Crippen LogP contribution in [0.3, 0.4) is 0 Å². The Morgan fingerprint density at radius 3 is 3.11 bits per heavy atom. The summed E-state index contributed by atoms with van der Waals surface area (Å²) in [6, 6.07) is 4.08. The van der Waals surface area contributed by atoms with Crippen LogP contribution in [0.25, 0.3) is 16.5 Å². The van der Waals surface area contributed by atoms with Crippen LogP contribution < -0.4 is 0 Å². The number of allylic oxidation sites excluding steroid dienone is 2. The maximum absolute atomic E-state index is 10.9. The minimum atomic E-state index is -0.910. The summed E-state index contributed by atoms with van der Waals surface area (Å²) in [7, 11) is 0. The van der Waals surface area contributed by atoms with Crippen LogP contribution in [0.5, 0.6) is 0 Å². The van der Waals surface area contributed by atoms with Crippen LogP contribution in [-0.4, -0.2) is 20.6 Å². The molecule has 3 heterocycles. The van der Waals surface area contributed by atoms with Crippen LogP contribution in [0.4, 0.5) is 0 Å². The zero-order chi connectivity index (χ0) is 13.6. The molecule has 0 spiro atoms. The number of hydrogen-bond donors (Lipinski definition) is 1. The van der Waals surface area contributed by atoms with Gasteiger partial charge in [0.2, 0.25) is 0 Å². The highest BCUT2D eigenvalue weighted by molar-refractivity contribution is 5.94. The van der Waals surface area contributed by atoms with Crippen molar-refractivity contribution in [3.63, 3.8) is 0 Å². The topological polar surface area (TPSA) is 55.1 Å². The SMILES string of the molecule is C=C(C)C1C/C(=C\C(=O)O)c2cc3cnccc3n21. The van der Waals surface area contributed by atoms with E-state index in [0.717, 1.165) is 27.7 Å². The Morgan fingerprint density at radius 1 is 1.63 bits per heavy atom. The Morgan fingerprint density at radius 2 is 2.42 bits per heavy atom. The highest BCUT2D eigenvalue weighted by Gasteiger charge is 2.29. The van der Waals surface area contributed by atoms with Gasteiger partial charge in [0.05, 0.1) is 11.6 Å². The first-order chi connectivity index (χ1) is 9.08. The summed E-state index contributed by atoms with van der Waals surface area (Å²) in [4.78, 5) is 15.0. The number of aliphatic carboxylic acids is 1. The van der Waals surface area contributed by atoms with Gasteiger partial charge in [0.1, 0.15) is 0 Å². The molecule has 3 rings (SSSR count). The number of rotatable bonds is 2. The predicted octanol–water partition coefficient (Wildman–Crippen LogP) is 3.03. The van der Waals surface area contributed by atoms with Crippen LogP contribution in [0, 0.1) is 0 Å². The second-order valence-corrected chi connectivity index (χ2v) is 4.91. The Labute approximate surface area is 110 Å². The number of hydrogen-bond acceptors (Lipinski definition) is 2. The molecule has 0 radical (unpaired) electrons. The summed E-state index contributed by atoms with van der Waals surface area (Å²) < 4.78 is 2.16. The lowest BCUT2D eigenvalue weighted by Crippen LogP contribution is -2.03. The van der Waals surface area contributed by atoms with Gasteiger partial charge in [-0.2, -0.15) is 0 Å². The molecule has 0 fully saturated rings. The summed E-state index contributed by atoms with van der Waals surface area (Å²) in [5.41, 5.74) is 3.91. The lowest BCUT2D eigenvalue weighted by Gasteiger charge is -2.14. The van der Waals surface area contributed by atoms with E-state index in [2.05, 4.69) is 16.1 Å². The van der Waals surface area contributed by atoms with E-state index >= 15 is 0 Å². The summed E-state index contributed by atoms with van der Waals surface area (Å²) in [5, 5.41) is 10.0. The van der Waals surface area contributed by atoms with Gasteiger partial charge in [-0.15, -0.1) is 0 Å². The maximum atomic E-state index is 10.9. The highest BCUT2D eigenvalue weighted by Crippen LogP contribution is 2.42. The fourth-order valence-electron chi connectivity index (χ4n) is 2.74. The Hall–Kier alpha value is -2.36. The summed E-state index contributed by atoms with van der Waals surface area (Å²) in [6.07, 6.45) is 5.54. The van der Waals surface area contributed by atoms with Gasteiger partial charge in [-0.05, 0) is 31.1 Å². The lowest BCUT2D eigenvalue weighted by molar-refractivity contribution is -0.131. The molecule has 4 nitrogen and oxygen atoms in total. The van der Waals surface area contributed by atoms with Crippen molar-refractivity contribution in [1.82, 2.24) is 9.55 Å². The quantitative estimate of drug-likeness (QED) is 0.662. The number of pyridine rings is 1. The van der Waals surface area contributed by atoms with Crippen molar-refractivity contribution in [1.29, 1.82) is 0 Å². The van der Waals surface area contributed by atoms with Gasteiger partial charge >= 0.3 is 5.97 Å². The van der Waals surface area contributed by atoms with Crippen molar-refractivity contribution in [2.45, 2.75) is 19.4 Å². The molecule has 2 aromatic rings. The van der Waals surface area contributed by atoms with E-state index in [1.54, 1.807) is 12.4 Å². The number of nitrogens with zero attached hydrogens (tertiary/aromatic N) is 2. The largest absolute Gasteiger partial charge is 0.478 e. The molecule has 1 unspecified atom stereocenters. The molecular weight excluding hydrogens is 240 g/mol. The van der Waals surface area contributed by atoms with Crippen molar-refractivity contribution >= 4 is 22.4 Å². The summed E-state index contributed by atoms with van der Waals surface area (Å²) in [5.74, 6) is -0.910. The molecule has 0 saturated heterocycles. The molecule has 0 bridgehead atoms. The fourth-order valence-corrected chi connectivity index (χ4v) is 2.74. The molecule has 2 aromatic heterocycles. The maximum Gasteiger partial charge on any atom is 0.328 e. The third-order valence-electron chi connectivity index (χ3n) is 3.56. The number of carbonyl (C=O) groups is 1. The first-order valence-electron chi connectivity index (χ1n) is 6.12. The van der Waals surface area contributed by atoms with Gasteiger partial charge in [0, 0.05) is 29.5 Å². The minimum absolute atomic E-state index is 0.125. The molecule has 0 saturated carbocycles. The van der Waals surface area contributed by atoms with E-state index in [4.69, 9.17) is 5.11 Å². The molecule has 4 heteroatoms. The van der Waals surface area contributed by atoms with Crippen molar-refractivity contribution in [3.05, 3.63) is 48.4 Å². The van der Waals surface area contributed by atoms with Crippen LogP contribution in [0.15, 0.2) is 42.8 Å². The second kappa shape index (κ2) is 4.09. The summed E-state index contributed by atoms with van der Waals surface area (Å²) in [6.45, 7) is 6.00. The van der Waals surface area contributed by atoms with E-state index in [-0.39, 0.29) is 6.04 Å². The van der Waals surface area contributed by atoms with Crippen molar-refractivity contribution in [3.8, 4) is 0 Å². The van der Waals surface area contributed by atoms with Crippen molar-refractivity contribution in [2.75, 3.05) is 0 Å². The van der Waals surface area contributed by atoms with Crippen LogP contribution in [0.1, 0.15) is 25.1 Å². The third kappa shape index (κ3) is 1.76. The Bertz CT molecular complexity index is 725. The highest BCUT2D eigenvalue weighted by atomic mass is 16.4. The first kappa shape index (κ1) is 11.7. The van der Waals surface area contributed by atoms with E-state index in [0.29, 0.717) is 6.42 Å². The molecule has 1 aliphatic rings. The minimum Gasteiger partial charge on any atom is -0.478 e. The number of aromatic nitrogens is 2. The molecule has 1 aliphatic heterocycles. The lowest BCUT2D eigenvalue weighted by atomic mass is 10.0. The average Bonchev–Trinajstić information content (AvgIpc) is 2.87. The zero-order valence-corrected chi connectivity index (χ0v) is 10.6. The molecule has 0 aromatic carbocycles. The summed E-state index contributed by atoms with van der Waals surface area (Å²) >= 11 is 0. The normalized spacial score (nSPS) is 19.8. The monoisotopic (exact) mass is 254 g/mol. The molecule has 19 heavy (non-hydrogen) atoms. The number of fused-ring (bicyclic) bond motifs is 3. The Balaban J connectivity index is 2.28. The van der Waals surface area contributed by atoms with E-state index in [1.807, 2.05) is 19.1 Å². The predicted molar refractivity (Wildman–Crippen MR) is 73.8 cm³/mol. The zero-order valence-electron chi connectivity index (χ0n) is 10.6. The van der Waals surface area contributed by atoms with Gasteiger partial charge in [-0.1, -0.05) is 12.2 Å². The smallest absolute Gasteiger partial charge is 0.328 e. The standard InChI is InChI=1S/C15H14N2O2/c1-9(2)13-5-10(7-15(18)19)14-6-11-8-16-4-3-12(11)17(13)14/h3-4,6-8,13H,1,5H2,2H3,(H,18,19)/b10-7+. The molecule has 96 valence electrons. The average molecular weight is 254 g/mol. The van der Waals surface area contributed by atoms with E-state index < -0.39 is 5.97 Å². The number of carboxylic acids is 1. The van der Waals surface area contributed by atoms with Gasteiger partial charge in [-0.25, -0.2) is 4.79 Å². The van der Waals surface area contributed by atoms with E-state index in [1.165, 1.54) is 6.08 Å². The molecule has 1 N–H and O–H groups in total. The molecule has 1 atom stereocenters. The fraction of sp³-hybridized carbons (Fsp3) is 0.200. The molecular formula is C15H14N2O2. The second-order valence-electron chi connectivity index (χ2n) is 4.91. The van der Waals surface area contributed by atoms with Gasteiger partial charge in [-0.3, -0.25) is 4.98 Å². The van der Waals surface area contributed by atoms with Gasteiger partial charge in [0.15, 0.2) is 0 Å². The van der Waals surface area contributed by atoms with Crippen molar-refractivity contribution in [2.24, 2.45) is 0 Å². The van der Waals surface area contributed by atoms with Crippen LogP contribution in [0.2, 0.25) is 0 Å². The first-order valence-corrected chi connectivity index (χ1v) is 6.12. The van der Waals surface area contributed by atoms with Gasteiger partial charge in [0.25, 0.3) is 0 Å². The third-order valence-corrected chi connectivity index (χ3v) is 3.56. The molecule has 0 amide bonds. The van der Waals surface area contributed by atoms with Crippen molar-refractivity contribution < 1.29 is 9.90 Å². The van der Waals surface area contributed by atoms with E-state index in [9.17, 15) is 4.79 Å². The number of carboxylic acid groups (broad SMARTS) is 1. The van der Waals surface area contributed by atoms with Crippen LogP contribution in [-0.2, 0) is 4.79 Å². The Kier molecular flexibility index (Phi) is 2.52.